The van der Waals surface area contributed by atoms with Crippen LogP contribution >= 0.6 is 22.9 Å². The Bertz CT molecular complexity index is 769. The molecular weight excluding hydrogens is 348 g/mol. The molecule has 1 unspecified atom stereocenters. The molecule has 5 nitrogen and oxygen atoms in total. The van der Waals surface area contributed by atoms with E-state index >= 15 is 0 Å². The summed E-state index contributed by atoms with van der Waals surface area (Å²) in [5, 5.41) is 15.6. The van der Waals surface area contributed by atoms with Crippen molar-refractivity contribution >= 4 is 40.5 Å². The first kappa shape index (κ1) is 18.0. The lowest BCUT2D eigenvalue weighted by Gasteiger charge is -2.13. The molecule has 1 heterocycles. The number of benzene rings is 1. The van der Waals surface area contributed by atoms with Gasteiger partial charge in [-0.1, -0.05) is 11.6 Å². The number of aryl methyl sites for hydroxylation is 1. The quantitative estimate of drug-likeness (QED) is 0.793. The number of rotatable bonds is 6. The Labute approximate surface area is 148 Å². The molecule has 124 valence electrons. The van der Waals surface area contributed by atoms with Crippen molar-refractivity contribution in [1.29, 1.82) is 5.26 Å². The standard InChI is InChI=1S/C17H15ClN2O3S/c1-11(23-16(21)5-2-12-6-7-24-10-12)17(22)20-14-4-3-13(9-19)15(18)8-14/h3-4,6-8,10-11H,2,5H2,1H3,(H,20,22). The molecular formula is C17H15ClN2O3S. The third-order valence-electron chi connectivity index (χ3n) is 3.23. The third-order valence-corrected chi connectivity index (χ3v) is 4.28. The highest BCUT2D eigenvalue weighted by Gasteiger charge is 2.18. The largest absolute Gasteiger partial charge is 0.453 e. The first-order valence-electron chi connectivity index (χ1n) is 7.20. The van der Waals surface area contributed by atoms with E-state index in [-0.39, 0.29) is 11.4 Å². The molecule has 0 aliphatic heterocycles. The smallest absolute Gasteiger partial charge is 0.306 e. The topological polar surface area (TPSA) is 79.2 Å². The number of carbonyl (C=O) groups excluding carboxylic acids is 2. The zero-order chi connectivity index (χ0) is 17.5. The Hall–Kier alpha value is -2.36. The van der Waals surface area contributed by atoms with Crippen molar-refractivity contribution in [1.82, 2.24) is 0 Å². The van der Waals surface area contributed by atoms with E-state index in [9.17, 15) is 9.59 Å². The molecule has 0 saturated carbocycles. The minimum absolute atomic E-state index is 0.219. The van der Waals surface area contributed by atoms with Gasteiger partial charge in [-0.25, -0.2) is 0 Å². The summed E-state index contributed by atoms with van der Waals surface area (Å²) in [6.07, 6.45) is -0.117. The number of anilines is 1. The molecule has 24 heavy (non-hydrogen) atoms. The molecule has 1 aromatic carbocycles. The summed E-state index contributed by atoms with van der Waals surface area (Å²) in [6.45, 7) is 1.50. The SMILES string of the molecule is CC(OC(=O)CCc1ccsc1)C(=O)Nc1ccc(C#N)c(Cl)c1. The number of nitrogens with zero attached hydrogens (tertiary/aromatic N) is 1. The van der Waals surface area contributed by atoms with Crippen molar-refractivity contribution in [3.63, 3.8) is 0 Å². The number of amides is 1. The molecule has 1 amide bonds. The fourth-order valence-corrected chi connectivity index (χ4v) is 2.84. The molecule has 0 aliphatic rings. The predicted octanol–water partition coefficient (Wildman–Crippen LogP) is 3.78. The zero-order valence-electron chi connectivity index (χ0n) is 12.9. The van der Waals surface area contributed by atoms with Crippen LogP contribution in [-0.2, 0) is 20.7 Å². The van der Waals surface area contributed by atoms with E-state index in [1.54, 1.807) is 17.4 Å². The number of nitriles is 1. The fraction of sp³-hybridized carbons (Fsp3) is 0.235. The van der Waals surface area contributed by atoms with Gasteiger partial charge in [-0.3, -0.25) is 9.59 Å². The number of hydrogen-bond acceptors (Lipinski definition) is 5. The summed E-state index contributed by atoms with van der Waals surface area (Å²) in [5.74, 6) is -0.888. The van der Waals surface area contributed by atoms with Crippen LogP contribution in [0.1, 0.15) is 24.5 Å². The summed E-state index contributed by atoms with van der Waals surface area (Å²) in [5.41, 5.74) is 1.83. The molecule has 7 heteroatoms. The lowest BCUT2D eigenvalue weighted by Crippen LogP contribution is -2.30. The minimum atomic E-state index is -0.922. The summed E-state index contributed by atoms with van der Waals surface area (Å²) in [4.78, 5) is 23.8. The van der Waals surface area contributed by atoms with Crippen molar-refractivity contribution in [2.75, 3.05) is 5.32 Å². The molecule has 0 spiro atoms. The number of thiophene rings is 1. The van der Waals surface area contributed by atoms with Crippen LogP contribution in [-0.4, -0.2) is 18.0 Å². The number of esters is 1. The lowest BCUT2D eigenvalue weighted by atomic mass is 10.2. The van der Waals surface area contributed by atoms with Crippen molar-refractivity contribution < 1.29 is 14.3 Å². The maximum atomic E-state index is 12.1. The molecule has 0 bridgehead atoms. The molecule has 1 atom stereocenters. The summed E-state index contributed by atoms with van der Waals surface area (Å²) < 4.78 is 5.12. The predicted molar refractivity (Wildman–Crippen MR) is 93.0 cm³/mol. The molecule has 0 radical (unpaired) electrons. The molecule has 2 aromatic rings. The van der Waals surface area contributed by atoms with Crippen molar-refractivity contribution in [2.24, 2.45) is 0 Å². The number of halogens is 1. The Kier molecular flexibility index (Phi) is 6.36. The molecule has 2 rings (SSSR count). The van der Waals surface area contributed by atoms with Gasteiger partial charge in [0.2, 0.25) is 0 Å². The van der Waals surface area contributed by atoms with Crippen LogP contribution in [0.5, 0.6) is 0 Å². The van der Waals surface area contributed by atoms with E-state index in [4.69, 9.17) is 21.6 Å². The Morgan fingerprint density at radius 1 is 1.42 bits per heavy atom. The molecule has 1 aromatic heterocycles. The van der Waals surface area contributed by atoms with Crippen LogP contribution in [0.4, 0.5) is 5.69 Å². The van der Waals surface area contributed by atoms with Gasteiger partial charge in [-0.05, 0) is 53.9 Å². The zero-order valence-corrected chi connectivity index (χ0v) is 14.5. The van der Waals surface area contributed by atoms with Gasteiger partial charge in [0.25, 0.3) is 5.91 Å². The third kappa shape index (κ3) is 5.08. The maximum absolute atomic E-state index is 12.1. The number of carbonyl (C=O) groups is 2. The van der Waals surface area contributed by atoms with Crippen LogP contribution in [0.3, 0.4) is 0 Å². The van der Waals surface area contributed by atoms with Crippen LogP contribution in [0.2, 0.25) is 5.02 Å². The van der Waals surface area contributed by atoms with E-state index in [1.807, 2.05) is 22.9 Å². The number of hydrogen-bond donors (Lipinski definition) is 1. The first-order valence-corrected chi connectivity index (χ1v) is 8.52. The van der Waals surface area contributed by atoms with E-state index in [0.29, 0.717) is 17.7 Å². The Morgan fingerprint density at radius 3 is 2.83 bits per heavy atom. The number of ether oxygens (including phenoxy) is 1. The lowest BCUT2D eigenvalue weighted by molar-refractivity contribution is -0.153. The van der Waals surface area contributed by atoms with Crippen LogP contribution in [0, 0.1) is 11.3 Å². The molecule has 0 fully saturated rings. The number of nitrogens with one attached hydrogen (secondary N) is 1. The van der Waals surface area contributed by atoms with Gasteiger partial charge in [0.15, 0.2) is 6.10 Å². The van der Waals surface area contributed by atoms with Crippen LogP contribution < -0.4 is 5.32 Å². The van der Waals surface area contributed by atoms with E-state index < -0.39 is 18.0 Å². The van der Waals surface area contributed by atoms with E-state index in [2.05, 4.69) is 5.32 Å². The normalized spacial score (nSPS) is 11.4. The van der Waals surface area contributed by atoms with Crippen LogP contribution in [0.15, 0.2) is 35.0 Å². The van der Waals surface area contributed by atoms with E-state index in [0.717, 1.165) is 5.56 Å². The summed E-state index contributed by atoms with van der Waals surface area (Å²) in [6, 6.07) is 8.43. The summed E-state index contributed by atoms with van der Waals surface area (Å²) >= 11 is 7.48. The van der Waals surface area contributed by atoms with E-state index in [1.165, 1.54) is 19.1 Å². The first-order chi connectivity index (χ1) is 11.5. The highest BCUT2D eigenvalue weighted by Crippen LogP contribution is 2.20. The molecule has 1 N–H and O–H groups in total. The van der Waals surface area contributed by atoms with Gasteiger partial charge in [-0.15, -0.1) is 0 Å². The second kappa shape index (κ2) is 8.48. The van der Waals surface area contributed by atoms with Crippen molar-refractivity contribution in [2.45, 2.75) is 25.9 Å². The van der Waals surface area contributed by atoms with Gasteiger partial charge >= 0.3 is 5.97 Å². The second-order valence-corrected chi connectivity index (χ2v) is 6.25. The Balaban J connectivity index is 1.84. The minimum Gasteiger partial charge on any atom is -0.453 e. The second-order valence-electron chi connectivity index (χ2n) is 5.06. The van der Waals surface area contributed by atoms with Crippen molar-refractivity contribution in [3.05, 3.63) is 51.2 Å². The van der Waals surface area contributed by atoms with Gasteiger partial charge in [0.1, 0.15) is 6.07 Å². The van der Waals surface area contributed by atoms with Gasteiger partial charge in [0.05, 0.1) is 10.6 Å². The van der Waals surface area contributed by atoms with Gasteiger partial charge in [0, 0.05) is 12.1 Å². The van der Waals surface area contributed by atoms with Gasteiger partial charge in [-0.2, -0.15) is 16.6 Å². The maximum Gasteiger partial charge on any atom is 0.306 e. The fourth-order valence-electron chi connectivity index (χ4n) is 1.92. The molecule has 0 saturated heterocycles. The summed E-state index contributed by atoms with van der Waals surface area (Å²) in [7, 11) is 0. The highest BCUT2D eigenvalue weighted by molar-refractivity contribution is 7.07. The monoisotopic (exact) mass is 362 g/mol. The van der Waals surface area contributed by atoms with Crippen LogP contribution in [0.25, 0.3) is 0 Å². The van der Waals surface area contributed by atoms with Crippen molar-refractivity contribution in [3.8, 4) is 6.07 Å². The molecule has 0 aliphatic carbocycles. The Morgan fingerprint density at radius 2 is 2.21 bits per heavy atom. The highest BCUT2D eigenvalue weighted by atomic mass is 35.5. The van der Waals surface area contributed by atoms with Gasteiger partial charge < -0.3 is 10.1 Å². The average Bonchev–Trinajstić information content (AvgIpc) is 3.06. The average molecular weight is 363 g/mol.